The van der Waals surface area contributed by atoms with E-state index in [9.17, 15) is 22.8 Å². The lowest BCUT2D eigenvalue weighted by Crippen LogP contribution is -2.61. The van der Waals surface area contributed by atoms with Crippen LogP contribution >= 0.6 is 0 Å². The number of alkyl carbamates (subject to hydrolysis) is 1. The lowest BCUT2D eigenvalue weighted by Gasteiger charge is -2.42. The number of amidine groups is 1. The van der Waals surface area contributed by atoms with Crippen LogP contribution in [-0.2, 0) is 15.7 Å². The Morgan fingerprint density at radius 2 is 1.64 bits per heavy atom. The first-order valence-electron chi connectivity index (χ1n) is 13.9. The van der Waals surface area contributed by atoms with E-state index in [0.29, 0.717) is 44.8 Å². The molecule has 2 heterocycles. The number of amides is 2. The van der Waals surface area contributed by atoms with Crippen LogP contribution in [0.2, 0.25) is 0 Å². The van der Waals surface area contributed by atoms with Crippen molar-refractivity contribution < 1.29 is 27.5 Å². The summed E-state index contributed by atoms with van der Waals surface area (Å²) >= 11 is 0. The van der Waals surface area contributed by atoms with Crippen LogP contribution in [0.4, 0.5) is 18.0 Å². The SMILES string of the molecule is CC(C)(C)OC(=O)NC1(C(=O)N2CC(C3=NC(C4CC4)=NC3)CC(c3ccc(C(F)(F)F)cc3)C2)CCCC1. The monoisotopic (exact) mass is 546 g/mol. The Morgan fingerprint density at radius 1 is 1.00 bits per heavy atom. The molecule has 1 N–H and O–H groups in total. The van der Waals surface area contributed by atoms with Crippen LogP contribution in [0, 0.1) is 11.8 Å². The van der Waals surface area contributed by atoms with E-state index in [1.54, 1.807) is 25.7 Å². The number of alkyl halides is 3. The van der Waals surface area contributed by atoms with E-state index >= 15 is 0 Å². The molecule has 0 bridgehead atoms. The number of rotatable bonds is 5. The molecule has 2 saturated carbocycles. The van der Waals surface area contributed by atoms with Gasteiger partial charge in [-0.2, -0.15) is 13.2 Å². The number of benzene rings is 1. The van der Waals surface area contributed by atoms with Crippen LogP contribution in [0.3, 0.4) is 0 Å². The Balaban J connectivity index is 1.40. The molecule has 39 heavy (non-hydrogen) atoms. The largest absolute Gasteiger partial charge is 0.444 e. The number of likely N-dealkylation sites (tertiary alicyclic amines) is 1. The fourth-order valence-corrected chi connectivity index (χ4v) is 6.03. The van der Waals surface area contributed by atoms with Crippen molar-refractivity contribution in [2.45, 2.75) is 89.0 Å². The van der Waals surface area contributed by atoms with Crippen molar-refractivity contribution >= 4 is 23.5 Å². The standard InChI is InChI=1S/C29H37F3N4O3/c1-27(2,3)39-26(38)35-28(12-4-5-13-28)25(37)36-16-20(18-8-10-22(11-9-18)29(30,31)32)14-21(17-36)23-15-33-24(34-23)19-6-7-19/h8-11,19-21H,4-7,12-17H2,1-3H3,(H,35,38). The Kier molecular flexibility index (Phi) is 7.26. The van der Waals surface area contributed by atoms with Crippen molar-refractivity contribution in [3.05, 3.63) is 35.4 Å². The molecule has 0 radical (unpaired) electrons. The Hall–Kier alpha value is -2.91. The normalized spacial score (nSPS) is 25.2. The first-order chi connectivity index (χ1) is 18.3. The number of nitrogens with zero attached hydrogens (tertiary/aromatic N) is 3. The second kappa shape index (κ2) is 10.2. The minimum atomic E-state index is -4.41. The van der Waals surface area contributed by atoms with E-state index in [0.717, 1.165) is 54.9 Å². The molecular weight excluding hydrogens is 509 g/mol. The predicted molar refractivity (Wildman–Crippen MR) is 142 cm³/mol. The third-order valence-electron chi connectivity index (χ3n) is 8.13. The predicted octanol–water partition coefficient (Wildman–Crippen LogP) is 5.74. The topological polar surface area (TPSA) is 83.4 Å². The summed E-state index contributed by atoms with van der Waals surface area (Å²) < 4.78 is 45.1. The average molecular weight is 547 g/mol. The molecule has 7 nitrogen and oxygen atoms in total. The van der Waals surface area contributed by atoms with E-state index in [4.69, 9.17) is 9.73 Å². The molecule has 1 aromatic carbocycles. The van der Waals surface area contributed by atoms with Gasteiger partial charge in [-0.1, -0.05) is 25.0 Å². The third kappa shape index (κ3) is 6.30. The number of nitrogens with one attached hydrogen (secondary N) is 1. The van der Waals surface area contributed by atoms with E-state index in [2.05, 4.69) is 10.3 Å². The minimum absolute atomic E-state index is 0.0602. The quantitative estimate of drug-likeness (QED) is 0.512. The third-order valence-corrected chi connectivity index (χ3v) is 8.13. The fourth-order valence-electron chi connectivity index (χ4n) is 6.03. The Bertz CT molecular complexity index is 1160. The Labute approximate surface area is 227 Å². The molecule has 2 amide bonds. The van der Waals surface area contributed by atoms with Gasteiger partial charge in [0.1, 0.15) is 17.0 Å². The van der Waals surface area contributed by atoms with Gasteiger partial charge in [-0.3, -0.25) is 9.79 Å². The molecule has 212 valence electrons. The highest BCUT2D eigenvalue weighted by Gasteiger charge is 2.48. The van der Waals surface area contributed by atoms with Gasteiger partial charge in [0.25, 0.3) is 0 Å². The molecule has 4 aliphatic rings. The molecule has 2 unspecified atom stereocenters. The number of piperidine rings is 1. The molecule has 10 heteroatoms. The minimum Gasteiger partial charge on any atom is -0.444 e. The first kappa shape index (κ1) is 27.6. The zero-order valence-electron chi connectivity index (χ0n) is 22.8. The molecular formula is C29H37F3N4O3. The highest BCUT2D eigenvalue weighted by atomic mass is 19.4. The fraction of sp³-hybridized carbons (Fsp3) is 0.655. The van der Waals surface area contributed by atoms with Gasteiger partial charge in [-0.25, -0.2) is 9.79 Å². The van der Waals surface area contributed by atoms with Crippen molar-refractivity contribution in [2.24, 2.45) is 21.8 Å². The van der Waals surface area contributed by atoms with Gasteiger partial charge in [0.05, 0.1) is 12.1 Å². The van der Waals surface area contributed by atoms with Crippen LogP contribution in [0.1, 0.15) is 82.8 Å². The summed E-state index contributed by atoms with van der Waals surface area (Å²) in [6.45, 7) is 6.64. The van der Waals surface area contributed by atoms with Crippen molar-refractivity contribution in [3.63, 3.8) is 0 Å². The summed E-state index contributed by atoms with van der Waals surface area (Å²) in [5, 5.41) is 2.91. The smallest absolute Gasteiger partial charge is 0.416 e. The van der Waals surface area contributed by atoms with E-state index in [1.165, 1.54) is 12.1 Å². The van der Waals surface area contributed by atoms with Crippen LogP contribution in [0.15, 0.2) is 34.3 Å². The number of carbonyl (C=O) groups is 2. The van der Waals surface area contributed by atoms with Crippen molar-refractivity contribution in [1.29, 1.82) is 0 Å². The van der Waals surface area contributed by atoms with Gasteiger partial charge < -0.3 is 15.0 Å². The maximum Gasteiger partial charge on any atom is 0.416 e. The number of aliphatic imine (C=N–C) groups is 2. The molecule has 2 atom stereocenters. The molecule has 3 fully saturated rings. The molecule has 0 aromatic heterocycles. The van der Waals surface area contributed by atoms with Crippen molar-refractivity contribution in [1.82, 2.24) is 10.2 Å². The highest BCUT2D eigenvalue weighted by Crippen LogP contribution is 2.39. The second-order valence-electron chi connectivity index (χ2n) is 12.4. The zero-order chi connectivity index (χ0) is 28.0. The lowest BCUT2D eigenvalue weighted by atomic mass is 9.81. The van der Waals surface area contributed by atoms with Crippen LogP contribution in [0.5, 0.6) is 0 Å². The number of hydrogen-bond acceptors (Lipinski definition) is 5. The van der Waals surface area contributed by atoms with E-state index < -0.39 is 29.0 Å². The van der Waals surface area contributed by atoms with Crippen LogP contribution in [-0.4, -0.2) is 59.2 Å². The summed E-state index contributed by atoms with van der Waals surface area (Å²) in [6, 6.07) is 5.25. The number of hydrogen-bond donors (Lipinski definition) is 1. The summed E-state index contributed by atoms with van der Waals surface area (Å²) in [5.41, 5.74) is -0.751. The van der Waals surface area contributed by atoms with Gasteiger partial charge in [-0.15, -0.1) is 0 Å². The maximum absolute atomic E-state index is 14.2. The average Bonchev–Trinajstić information content (AvgIpc) is 3.40. The van der Waals surface area contributed by atoms with E-state index in [-0.39, 0.29) is 17.7 Å². The van der Waals surface area contributed by atoms with Gasteiger partial charge in [0.15, 0.2) is 0 Å². The summed E-state index contributed by atoms with van der Waals surface area (Å²) in [5.74, 6) is 0.930. The van der Waals surface area contributed by atoms with Crippen molar-refractivity contribution in [2.75, 3.05) is 19.6 Å². The molecule has 1 aromatic rings. The van der Waals surface area contributed by atoms with E-state index in [1.807, 2.05) is 0 Å². The zero-order valence-corrected chi connectivity index (χ0v) is 22.8. The molecule has 2 aliphatic carbocycles. The summed E-state index contributed by atoms with van der Waals surface area (Å²) in [4.78, 5) is 38.2. The second-order valence-corrected chi connectivity index (χ2v) is 12.4. The first-order valence-corrected chi connectivity index (χ1v) is 13.9. The van der Waals surface area contributed by atoms with Crippen molar-refractivity contribution in [3.8, 4) is 0 Å². The Morgan fingerprint density at radius 3 is 2.23 bits per heavy atom. The molecule has 5 rings (SSSR count). The highest BCUT2D eigenvalue weighted by molar-refractivity contribution is 6.07. The lowest BCUT2D eigenvalue weighted by molar-refractivity contribution is -0.140. The van der Waals surface area contributed by atoms with Gasteiger partial charge in [-0.05, 0) is 70.6 Å². The maximum atomic E-state index is 14.2. The summed E-state index contributed by atoms with van der Waals surface area (Å²) in [6.07, 6.45) is 0.503. The van der Waals surface area contributed by atoms with Gasteiger partial charge in [0, 0.05) is 36.6 Å². The number of halogens is 3. The molecule has 2 aliphatic heterocycles. The number of carbonyl (C=O) groups excluding carboxylic acids is 2. The summed E-state index contributed by atoms with van der Waals surface area (Å²) in [7, 11) is 0. The number of ether oxygens (including phenoxy) is 1. The van der Waals surface area contributed by atoms with Crippen LogP contribution in [0.25, 0.3) is 0 Å². The van der Waals surface area contributed by atoms with Gasteiger partial charge in [0.2, 0.25) is 5.91 Å². The van der Waals surface area contributed by atoms with Gasteiger partial charge >= 0.3 is 12.3 Å². The molecule has 1 saturated heterocycles. The van der Waals surface area contributed by atoms with Crippen LogP contribution < -0.4 is 5.32 Å². The molecule has 0 spiro atoms.